The Labute approximate surface area is 158 Å². The summed E-state index contributed by atoms with van der Waals surface area (Å²) in [6.45, 7) is 2.17. The first kappa shape index (κ1) is 16.8. The quantitative estimate of drug-likeness (QED) is 0.664. The number of piperidine rings is 1. The second-order valence-corrected chi connectivity index (χ2v) is 6.69. The summed E-state index contributed by atoms with van der Waals surface area (Å²) in [4.78, 5) is 15.6. The monoisotopic (exact) mass is 365 g/mol. The molecule has 1 aliphatic rings. The molecule has 0 bridgehead atoms. The number of halogens is 1. The van der Waals surface area contributed by atoms with Gasteiger partial charge in [-0.05, 0) is 43.5 Å². The Hall–Kier alpha value is -2.66. The fraction of sp³-hybridized carbons (Fsp3) is 0.250. The molecule has 0 spiro atoms. The number of anilines is 3. The number of aromatic nitrogens is 3. The van der Waals surface area contributed by atoms with Crippen LogP contribution in [-0.4, -0.2) is 28.0 Å². The number of benzene rings is 1. The molecule has 1 saturated heterocycles. The molecule has 0 aliphatic carbocycles. The van der Waals surface area contributed by atoms with E-state index in [-0.39, 0.29) is 0 Å². The molecular weight excluding hydrogens is 346 g/mol. The maximum Gasteiger partial charge on any atom is 0.181 e. The first-order valence-corrected chi connectivity index (χ1v) is 9.24. The fourth-order valence-corrected chi connectivity index (χ4v) is 3.40. The number of para-hydroxylation sites is 2. The molecule has 0 unspecified atom stereocenters. The van der Waals surface area contributed by atoms with Crippen molar-refractivity contribution in [1.29, 1.82) is 0 Å². The van der Waals surface area contributed by atoms with Crippen LogP contribution < -0.4 is 10.2 Å². The lowest BCUT2D eigenvalue weighted by molar-refractivity contribution is 0.578. The molecular formula is C20H20ClN5. The Kier molecular flexibility index (Phi) is 4.97. The molecule has 3 heterocycles. The summed E-state index contributed by atoms with van der Waals surface area (Å²) in [6.07, 6.45) is 5.49. The van der Waals surface area contributed by atoms with Crippen LogP contribution in [0.25, 0.3) is 11.5 Å². The Bertz CT molecular complexity index is 878. The molecule has 1 N–H and O–H groups in total. The average molecular weight is 366 g/mol. The number of nitrogens with one attached hydrogen (secondary N) is 1. The Balaban J connectivity index is 1.65. The highest BCUT2D eigenvalue weighted by Crippen LogP contribution is 2.31. The van der Waals surface area contributed by atoms with Gasteiger partial charge in [0.1, 0.15) is 16.7 Å². The van der Waals surface area contributed by atoms with E-state index in [1.54, 1.807) is 12.3 Å². The first-order chi connectivity index (χ1) is 12.8. The third kappa shape index (κ3) is 3.78. The van der Waals surface area contributed by atoms with E-state index in [9.17, 15) is 0 Å². The number of hydrogen-bond donors (Lipinski definition) is 1. The average Bonchev–Trinajstić information content (AvgIpc) is 2.69. The van der Waals surface area contributed by atoms with Crippen molar-refractivity contribution in [2.45, 2.75) is 19.3 Å². The summed E-state index contributed by atoms with van der Waals surface area (Å²) in [7, 11) is 0. The first-order valence-electron chi connectivity index (χ1n) is 8.86. The number of rotatable bonds is 4. The van der Waals surface area contributed by atoms with Gasteiger partial charge in [0.2, 0.25) is 0 Å². The minimum absolute atomic E-state index is 0.388. The molecule has 2 aromatic heterocycles. The SMILES string of the molecule is Clc1cc(Nc2ccccc2N2CCCCC2)nc(-c2ccccn2)n1. The highest BCUT2D eigenvalue weighted by atomic mass is 35.5. The third-order valence-electron chi connectivity index (χ3n) is 4.45. The zero-order chi connectivity index (χ0) is 17.8. The van der Waals surface area contributed by atoms with Crippen molar-refractivity contribution in [2.24, 2.45) is 0 Å². The summed E-state index contributed by atoms with van der Waals surface area (Å²) in [5.41, 5.74) is 2.92. The van der Waals surface area contributed by atoms with Crippen molar-refractivity contribution in [3.63, 3.8) is 0 Å². The van der Waals surface area contributed by atoms with Crippen LogP contribution in [0.15, 0.2) is 54.7 Å². The summed E-state index contributed by atoms with van der Waals surface area (Å²) < 4.78 is 0. The van der Waals surface area contributed by atoms with Gasteiger partial charge in [0, 0.05) is 25.4 Å². The second kappa shape index (κ2) is 7.70. The summed E-state index contributed by atoms with van der Waals surface area (Å²) >= 11 is 6.23. The third-order valence-corrected chi connectivity index (χ3v) is 4.65. The van der Waals surface area contributed by atoms with Crippen molar-refractivity contribution in [2.75, 3.05) is 23.3 Å². The van der Waals surface area contributed by atoms with E-state index >= 15 is 0 Å². The highest BCUT2D eigenvalue weighted by molar-refractivity contribution is 6.29. The minimum atomic E-state index is 0.388. The van der Waals surface area contributed by atoms with E-state index in [4.69, 9.17) is 11.6 Å². The van der Waals surface area contributed by atoms with Gasteiger partial charge in [-0.15, -0.1) is 0 Å². The molecule has 0 amide bonds. The van der Waals surface area contributed by atoms with Crippen LogP contribution in [0.5, 0.6) is 0 Å². The van der Waals surface area contributed by atoms with Gasteiger partial charge in [-0.1, -0.05) is 29.8 Å². The van der Waals surface area contributed by atoms with Gasteiger partial charge in [-0.2, -0.15) is 0 Å². The maximum absolute atomic E-state index is 6.23. The minimum Gasteiger partial charge on any atom is -0.370 e. The molecule has 1 aromatic carbocycles. The van der Waals surface area contributed by atoms with E-state index in [1.165, 1.54) is 24.9 Å². The number of pyridine rings is 1. The molecule has 26 heavy (non-hydrogen) atoms. The molecule has 6 heteroatoms. The van der Waals surface area contributed by atoms with Gasteiger partial charge in [0.15, 0.2) is 5.82 Å². The summed E-state index contributed by atoms with van der Waals surface area (Å²) in [5, 5.41) is 3.80. The van der Waals surface area contributed by atoms with Crippen LogP contribution in [0, 0.1) is 0 Å². The van der Waals surface area contributed by atoms with Crippen molar-refractivity contribution in [3.05, 3.63) is 59.9 Å². The van der Waals surface area contributed by atoms with Crippen molar-refractivity contribution < 1.29 is 0 Å². The van der Waals surface area contributed by atoms with Crippen LogP contribution in [0.3, 0.4) is 0 Å². The van der Waals surface area contributed by atoms with Crippen LogP contribution in [0.1, 0.15) is 19.3 Å². The van der Waals surface area contributed by atoms with E-state index in [0.717, 1.165) is 18.8 Å². The number of nitrogens with zero attached hydrogens (tertiary/aromatic N) is 4. The zero-order valence-electron chi connectivity index (χ0n) is 14.4. The van der Waals surface area contributed by atoms with Crippen molar-refractivity contribution in [3.8, 4) is 11.5 Å². The molecule has 3 aromatic rings. The number of hydrogen-bond acceptors (Lipinski definition) is 5. The normalized spacial score (nSPS) is 14.3. The summed E-state index contributed by atoms with van der Waals surface area (Å²) in [6, 6.07) is 15.7. The lowest BCUT2D eigenvalue weighted by atomic mass is 10.1. The molecule has 0 atom stereocenters. The fourth-order valence-electron chi connectivity index (χ4n) is 3.22. The molecule has 132 valence electrons. The van der Waals surface area contributed by atoms with Crippen molar-refractivity contribution >= 4 is 28.8 Å². The molecule has 4 rings (SSSR count). The van der Waals surface area contributed by atoms with Crippen LogP contribution in [-0.2, 0) is 0 Å². The van der Waals surface area contributed by atoms with Crippen LogP contribution >= 0.6 is 11.6 Å². The van der Waals surface area contributed by atoms with Gasteiger partial charge < -0.3 is 10.2 Å². The van der Waals surface area contributed by atoms with E-state index < -0.39 is 0 Å². The topological polar surface area (TPSA) is 53.9 Å². The van der Waals surface area contributed by atoms with Crippen LogP contribution in [0.2, 0.25) is 5.15 Å². The molecule has 5 nitrogen and oxygen atoms in total. The second-order valence-electron chi connectivity index (χ2n) is 6.30. The predicted octanol–water partition coefficient (Wildman–Crippen LogP) is 4.93. The van der Waals surface area contributed by atoms with Crippen LogP contribution in [0.4, 0.5) is 17.2 Å². The molecule has 1 aliphatic heterocycles. The predicted molar refractivity (Wildman–Crippen MR) is 106 cm³/mol. The Morgan fingerprint density at radius 3 is 2.54 bits per heavy atom. The standard InChI is InChI=1S/C20H20ClN5/c21-18-14-19(25-20(24-18)16-9-4-5-11-22-16)23-15-8-2-3-10-17(15)26-12-6-1-7-13-26/h2-5,8-11,14H,1,6-7,12-13H2,(H,23,24,25). The van der Waals surface area contributed by atoms with E-state index in [2.05, 4.69) is 43.4 Å². The zero-order valence-corrected chi connectivity index (χ0v) is 15.2. The van der Waals surface area contributed by atoms with Crippen molar-refractivity contribution in [1.82, 2.24) is 15.0 Å². The molecule has 0 saturated carbocycles. The van der Waals surface area contributed by atoms with Gasteiger partial charge in [0.25, 0.3) is 0 Å². The van der Waals surface area contributed by atoms with Gasteiger partial charge in [-0.25, -0.2) is 9.97 Å². The maximum atomic E-state index is 6.23. The van der Waals surface area contributed by atoms with Gasteiger partial charge in [0.05, 0.1) is 11.4 Å². The highest BCUT2D eigenvalue weighted by Gasteiger charge is 2.15. The van der Waals surface area contributed by atoms with E-state index in [0.29, 0.717) is 22.5 Å². The molecule has 0 radical (unpaired) electrons. The van der Waals surface area contributed by atoms with Gasteiger partial charge in [-0.3, -0.25) is 4.98 Å². The largest absolute Gasteiger partial charge is 0.370 e. The van der Waals surface area contributed by atoms with Gasteiger partial charge >= 0.3 is 0 Å². The Morgan fingerprint density at radius 2 is 1.73 bits per heavy atom. The van der Waals surface area contributed by atoms with E-state index in [1.807, 2.05) is 24.3 Å². The lowest BCUT2D eigenvalue weighted by Gasteiger charge is -2.30. The summed E-state index contributed by atoms with van der Waals surface area (Å²) in [5.74, 6) is 1.17. The Morgan fingerprint density at radius 1 is 0.923 bits per heavy atom. The molecule has 1 fully saturated rings. The smallest absolute Gasteiger partial charge is 0.181 e. The lowest BCUT2D eigenvalue weighted by Crippen LogP contribution is -2.29.